The fraction of sp³-hybridized carbons (Fsp3) is 0.444. The van der Waals surface area contributed by atoms with Gasteiger partial charge >= 0.3 is 6.09 Å². The van der Waals surface area contributed by atoms with E-state index in [1.807, 2.05) is 46.0 Å². The highest BCUT2D eigenvalue weighted by molar-refractivity contribution is 5.68. The van der Waals surface area contributed by atoms with Gasteiger partial charge in [-0.05, 0) is 51.8 Å². The first kappa shape index (κ1) is 17.1. The largest absolute Gasteiger partial charge is 0.444 e. The number of anilines is 2. The van der Waals surface area contributed by atoms with Gasteiger partial charge in [-0.2, -0.15) is 0 Å². The van der Waals surface area contributed by atoms with E-state index < -0.39 is 5.60 Å². The lowest BCUT2D eigenvalue weighted by Gasteiger charge is -2.30. The van der Waals surface area contributed by atoms with Crippen molar-refractivity contribution in [2.75, 3.05) is 11.9 Å². The Labute approximate surface area is 147 Å². The summed E-state index contributed by atoms with van der Waals surface area (Å²) < 4.78 is 5.45. The molecular formula is C18H23N5O2. The molecule has 0 saturated heterocycles. The summed E-state index contributed by atoms with van der Waals surface area (Å²) in [6.07, 6.45) is 3.98. The lowest BCUT2D eigenvalue weighted by atomic mass is 10.1. The number of nitrogens with one attached hydrogen (secondary N) is 1. The molecule has 0 saturated carbocycles. The molecule has 1 amide bonds. The van der Waals surface area contributed by atoms with Crippen LogP contribution in [0.3, 0.4) is 0 Å². The summed E-state index contributed by atoms with van der Waals surface area (Å²) >= 11 is 0. The normalized spacial score (nSPS) is 14.0. The molecular weight excluding hydrogens is 318 g/mol. The van der Waals surface area contributed by atoms with Crippen LogP contribution in [0.4, 0.5) is 16.4 Å². The van der Waals surface area contributed by atoms with Crippen molar-refractivity contribution in [2.45, 2.75) is 46.3 Å². The minimum Gasteiger partial charge on any atom is -0.444 e. The van der Waals surface area contributed by atoms with Crippen molar-refractivity contribution >= 4 is 17.7 Å². The van der Waals surface area contributed by atoms with Crippen molar-refractivity contribution in [3.05, 3.63) is 41.5 Å². The third-order valence-electron chi connectivity index (χ3n) is 3.75. The predicted octanol–water partition coefficient (Wildman–Crippen LogP) is 3.22. The molecule has 0 unspecified atom stereocenters. The van der Waals surface area contributed by atoms with Gasteiger partial charge in [0, 0.05) is 30.3 Å². The van der Waals surface area contributed by atoms with Crippen LogP contribution in [0.1, 0.15) is 37.7 Å². The Kier molecular flexibility index (Phi) is 4.57. The summed E-state index contributed by atoms with van der Waals surface area (Å²) in [5.41, 5.74) is 3.21. The molecule has 0 aromatic carbocycles. The van der Waals surface area contributed by atoms with Crippen LogP contribution in [0, 0.1) is 6.92 Å². The molecule has 0 fully saturated rings. The van der Waals surface area contributed by atoms with Crippen LogP contribution >= 0.6 is 0 Å². The molecule has 1 aliphatic rings. The lowest BCUT2D eigenvalue weighted by Crippen LogP contribution is -2.40. The monoisotopic (exact) mass is 341 g/mol. The highest BCUT2D eigenvalue weighted by atomic mass is 16.6. The van der Waals surface area contributed by atoms with Crippen molar-refractivity contribution in [1.82, 2.24) is 19.9 Å². The van der Waals surface area contributed by atoms with Crippen LogP contribution in [-0.4, -0.2) is 38.1 Å². The van der Waals surface area contributed by atoms with Crippen LogP contribution in [0.15, 0.2) is 24.5 Å². The maximum atomic E-state index is 12.3. The van der Waals surface area contributed by atoms with Crippen LogP contribution in [0.2, 0.25) is 0 Å². The number of aryl methyl sites for hydroxylation is 1. The SMILES string of the molecule is Cc1cc(Nc2ncc3c(n2)CN(C(=O)OC(C)(C)C)CC3)ccn1. The quantitative estimate of drug-likeness (QED) is 0.903. The van der Waals surface area contributed by atoms with E-state index in [-0.39, 0.29) is 6.09 Å². The molecule has 0 atom stereocenters. The summed E-state index contributed by atoms with van der Waals surface area (Å²) in [5, 5.41) is 3.18. The molecule has 1 N–H and O–H groups in total. The first-order valence-electron chi connectivity index (χ1n) is 8.32. The van der Waals surface area contributed by atoms with Crippen molar-refractivity contribution in [2.24, 2.45) is 0 Å². The summed E-state index contributed by atoms with van der Waals surface area (Å²) in [5.74, 6) is 0.510. The third-order valence-corrected chi connectivity index (χ3v) is 3.75. The number of carbonyl (C=O) groups excluding carboxylic acids is 1. The molecule has 0 spiro atoms. The zero-order valence-corrected chi connectivity index (χ0v) is 15.0. The number of carbonyl (C=O) groups is 1. The second kappa shape index (κ2) is 6.66. The second-order valence-corrected chi connectivity index (χ2v) is 7.13. The first-order chi connectivity index (χ1) is 11.8. The van der Waals surface area contributed by atoms with Crippen LogP contribution in [-0.2, 0) is 17.7 Å². The molecule has 2 aromatic rings. The summed E-state index contributed by atoms with van der Waals surface area (Å²) in [7, 11) is 0. The van der Waals surface area contributed by atoms with E-state index in [0.29, 0.717) is 19.0 Å². The predicted molar refractivity (Wildman–Crippen MR) is 94.6 cm³/mol. The van der Waals surface area contributed by atoms with Gasteiger partial charge in [-0.1, -0.05) is 0 Å². The number of ether oxygens (including phenoxy) is 1. The topological polar surface area (TPSA) is 80.2 Å². The van der Waals surface area contributed by atoms with E-state index in [4.69, 9.17) is 4.74 Å². The number of rotatable bonds is 2. The Morgan fingerprint density at radius 2 is 2.12 bits per heavy atom. The number of aromatic nitrogens is 3. The van der Waals surface area contributed by atoms with Gasteiger partial charge in [-0.25, -0.2) is 14.8 Å². The van der Waals surface area contributed by atoms with Crippen LogP contribution < -0.4 is 5.32 Å². The first-order valence-corrected chi connectivity index (χ1v) is 8.32. The van der Waals surface area contributed by atoms with Gasteiger partial charge in [0.05, 0.1) is 12.2 Å². The molecule has 0 bridgehead atoms. The number of nitrogens with zero attached hydrogens (tertiary/aromatic N) is 4. The average Bonchev–Trinajstić information content (AvgIpc) is 2.52. The number of fused-ring (bicyclic) bond motifs is 1. The number of hydrogen-bond donors (Lipinski definition) is 1. The van der Waals surface area contributed by atoms with E-state index >= 15 is 0 Å². The summed E-state index contributed by atoms with van der Waals surface area (Å²) in [6.45, 7) is 8.56. The highest BCUT2D eigenvalue weighted by Crippen LogP contribution is 2.21. The zero-order chi connectivity index (χ0) is 18.0. The molecule has 3 rings (SSSR count). The Morgan fingerprint density at radius 3 is 2.84 bits per heavy atom. The van der Waals surface area contributed by atoms with Gasteiger partial charge in [0.15, 0.2) is 0 Å². The van der Waals surface area contributed by atoms with Crippen molar-refractivity contribution in [3.63, 3.8) is 0 Å². The Hall–Kier alpha value is -2.70. The summed E-state index contributed by atoms with van der Waals surface area (Å²) in [4.78, 5) is 27.1. The molecule has 2 aromatic heterocycles. The Bertz CT molecular complexity index is 785. The standard InChI is InChI=1S/C18H23N5O2/c1-12-9-14(5-7-19-12)21-16-20-10-13-6-8-23(11-15(13)22-16)17(24)25-18(2,3)4/h5,7,9-10H,6,8,11H2,1-4H3,(H,19,20,21,22). The highest BCUT2D eigenvalue weighted by Gasteiger charge is 2.26. The van der Waals surface area contributed by atoms with E-state index in [1.54, 1.807) is 11.1 Å². The van der Waals surface area contributed by atoms with Gasteiger partial charge in [-0.15, -0.1) is 0 Å². The minimum absolute atomic E-state index is 0.309. The maximum Gasteiger partial charge on any atom is 0.410 e. The smallest absolute Gasteiger partial charge is 0.410 e. The van der Waals surface area contributed by atoms with Crippen LogP contribution in [0.25, 0.3) is 0 Å². The van der Waals surface area contributed by atoms with Gasteiger partial charge in [-0.3, -0.25) is 4.98 Å². The van der Waals surface area contributed by atoms with Gasteiger partial charge in [0.1, 0.15) is 5.60 Å². The molecule has 25 heavy (non-hydrogen) atoms. The molecule has 0 radical (unpaired) electrons. The zero-order valence-electron chi connectivity index (χ0n) is 15.0. The van der Waals surface area contributed by atoms with E-state index in [1.165, 1.54) is 0 Å². The maximum absolute atomic E-state index is 12.3. The fourth-order valence-electron chi connectivity index (χ4n) is 2.60. The van der Waals surface area contributed by atoms with Gasteiger partial charge < -0.3 is 15.0 Å². The Balaban J connectivity index is 1.74. The minimum atomic E-state index is -0.505. The number of hydrogen-bond acceptors (Lipinski definition) is 6. The molecule has 3 heterocycles. The fourth-order valence-corrected chi connectivity index (χ4v) is 2.60. The van der Waals surface area contributed by atoms with Crippen molar-refractivity contribution in [1.29, 1.82) is 0 Å². The average molecular weight is 341 g/mol. The van der Waals surface area contributed by atoms with Crippen molar-refractivity contribution < 1.29 is 9.53 Å². The number of pyridine rings is 1. The van der Waals surface area contributed by atoms with E-state index in [2.05, 4.69) is 20.3 Å². The molecule has 0 aliphatic carbocycles. The molecule has 132 valence electrons. The summed E-state index contributed by atoms with van der Waals surface area (Å²) in [6, 6.07) is 3.79. The molecule has 1 aliphatic heterocycles. The van der Waals surface area contributed by atoms with Gasteiger partial charge in [0.25, 0.3) is 0 Å². The molecule has 7 nitrogen and oxygen atoms in total. The van der Waals surface area contributed by atoms with E-state index in [9.17, 15) is 4.79 Å². The van der Waals surface area contributed by atoms with Gasteiger partial charge in [0.2, 0.25) is 5.95 Å². The molecule has 7 heteroatoms. The second-order valence-electron chi connectivity index (χ2n) is 7.13. The van der Waals surface area contributed by atoms with Crippen molar-refractivity contribution in [3.8, 4) is 0 Å². The Morgan fingerprint density at radius 1 is 1.32 bits per heavy atom. The van der Waals surface area contributed by atoms with E-state index in [0.717, 1.165) is 29.1 Å². The number of amides is 1. The third kappa shape index (κ3) is 4.43. The van der Waals surface area contributed by atoms with Crippen LogP contribution in [0.5, 0.6) is 0 Å². The lowest BCUT2D eigenvalue weighted by molar-refractivity contribution is 0.0220.